The fourth-order valence-corrected chi connectivity index (χ4v) is 2.15. The normalized spacial score (nSPS) is 40.8. The second-order valence-electron chi connectivity index (χ2n) is 3.74. The number of rotatable bonds is 1. The predicted molar refractivity (Wildman–Crippen MR) is 43.4 cm³/mol. The van der Waals surface area contributed by atoms with E-state index in [4.69, 9.17) is 5.11 Å². The number of nitrogens with one attached hydrogen (secondary N) is 1. The minimum Gasteiger partial charge on any atom is -0.481 e. The smallest absolute Gasteiger partial charge is 0.307 e. The highest BCUT2D eigenvalue weighted by molar-refractivity contribution is 5.70. The Bertz CT molecular complexity index is 183. The summed E-state index contributed by atoms with van der Waals surface area (Å²) in [5.41, 5.74) is 3.21. The number of fused-ring (bicyclic) bond motifs is 2. The van der Waals surface area contributed by atoms with Crippen LogP contribution in [0.4, 0.5) is 0 Å². The third-order valence-electron chi connectivity index (χ3n) is 2.77. The van der Waals surface area contributed by atoms with E-state index in [1.807, 2.05) is 0 Å². The third kappa shape index (κ3) is 1.44. The van der Waals surface area contributed by atoms with Gasteiger partial charge in [0.2, 0.25) is 0 Å². The molecular weight excluding hydrogens is 156 g/mol. The summed E-state index contributed by atoms with van der Waals surface area (Å²) in [6.07, 6.45) is 1.99. The van der Waals surface area contributed by atoms with Gasteiger partial charge in [-0.1, -0.05) is 0 Å². The van der Waals surface area contributed by atoms with Crippen molar-refractivity contribution < 1.29 is 9.90 Å². The lowest BCUT2D eigenvalue weighted by molar-refractivity contribution is -0.146. The van der Waals surface area contributed by atoms with Crippen LogP contribution in [0.2, 0.25) is 0 Å². The molecular formula is C8H14N2O2. The molecule has 2 aliphatic heterocycles. The highest BCUT2D eigenvalue weighted by atomic mass is 16.4. The fourth-order valence-electron chi connectivity index (χ4n) is 2.15. The van der Waals surface area contributed by atoms with E-state index in [9.17, 15) is 4.79 Å². The Labute approximate surface area is 71.5 Å². The van der Waals surface area contributed by atoms with Crippen LogP contribution in [-0.2, 0) is 4.79 Å². The Balaban J connectivity index is 2.00. The number of aliphatic carboxylic acids is 1. The first-order chi connectivity index (χ1) is 5.75. The van der Waals surface area contributed by atoms with Crippen LogP contribution in [0.5, 0.6) is 0 Å². The van der Waals surface area contributed by atoms with E-state index >= 15 is 0 Å². The predicted octanol–water partition coefficient (Wildman–Crippen LogP) is -0.0826. The van der Waals surface area contributed by atoms with Gasteiger partial charge in [-0.05, 0) is 18.8 Å². The van der Waals surface area contributed by atoms with Crippen LogP contribution in [0.3, 0.4) is 0 Å². The van der Waals surface area contributed by atoms with Gasteiger partial charge in [-0.2, -0.15) is 0 Å². The van der Waals surface area contributed by atoms with Crippen molar-refractivity contribution in [2.24, 2.45) is 11.8 Å². The molecule has 2 saturated heterocycles. The number of carbonyl (C=O) groups is 1. The average molecular weight is 170 g/mol. The molecule has 4 heteroatoms. The zero-order valence-electron chi connectivity index (χ0n) is 6.99. The highest BCUT2D eigenvalue weighted by Crippen LogP contribution is 2.25. The summed E-state index contributed by atoms with van der Waals surface area (Å²) in [4.78, 5) is 10.7. The molecule has 0 radical (unpaired) electrons. The van der Waals surface area contributed by atoms with E-state index in [1.54, 1.807) is 0 Å². The number of piperidine rings is 1. The molecule has 2 heterocycles. The lowest BCUT2D eigenvalue weighted by atomic mass is 9.87. The van der Waals surface area contributed by atoms with Crippen LogP contribution in [0, 0.1) is 11.8 Å². The van der Waals surface area contributed by atoms with Gasteiger partial charge >= 0.3 is 5.97 Å². The summed E-state index contributed by atoms with van der Waals surface area (Å²) in [5.74, 6) is -0.203. The highest BCUT2D eigenvalue weighted by Gasteiger charge is 2.33. The fraction of sp³-hybridized carbons (Fsp3) is 0.875. The molecule has 0 aromatic rings. The van der Waals surface area contributed by atoms with Gasteiger partial charge in [0.25, 0.3) is 0 Å². The van der Waals surface area contributed by atoms with E-state index in [2.05, 4.69) is 10.4 Å². The van der Waals surface area contributed by atoms with Gasteiger partial charge in [-0.3, -0.25) is 10.2 Å². The first-order valence-electron chi connectivity index (χ1n) is 4.47. The summed E-state index contributed by atoms with van der Waals surface area (Å²) in [5, 5.41) is 10.9. The molecule has 0 aromatic heterocycles. The zero-order valence-corrected chi connectivity index (χ0v) is 6.99. The van der Waals surface area contributed by atoms with Crippen molar-refractivity contribution in [1.82, 2.24) is 10.4 Å². The van der Waals surface area contributed by atoms with Gasteiger partial charge in [0.15, 0.2) is 0 Å². The number of carboxylic acids is 1. The van der Waals surface area contributed by atoms with Gasteiger partial charge in [0, 0.05) is 19.6 Å². The van der Waals surface area contributed by atoms with Gasteiger partial charge < -0.3 is 5.11 Å². The number of nitrogens with zero attached hydrogens (tertiary/aromatic N) is 1. The van der Waals surface area contributed by atoms with Gasteiger partial charge in [0.1, 0.15) is 0 Å². The molecule has 4 nitrogen and oxygen atoms in total. The topological polar surface area (TPSA) is 52.6 Å². The van der Waals surface area contributed by atoms with Crippen LogP contribution in [0.15, 0.2) is 0 Å². The molecule has 2 N–H and O–H groups in total. The minimum absolute atomic E-state index is 0.156. The Hall–Kier alpha value is -0.610. The third-order valence-corrected chi connectivity index (χ3v) is 2.77. The first-order valence-corrected chi connectivity index (χ1v) is 4.47. The second kappa shape index (κ2) is 3.03. The van der Waals surface area contributed by atoms with Crippen LogP contribution < -0.4 is 5.43 Å². The maximum atomic E-state index is 10.7. The average Bonchev–Trinajstić information content (AvgIpc) is 2.03. The summed E-state index contributed by atoms with van der Waals surface area (Å²) >= 11 is 0. The molecule has 3 unspecified atom stereocenters. The Morgan fingerprint density at radius 2 is 2.33 bits per heavy atom. The molecule has 2 fully saturated rings. The SMILES string of the molecule is O=C(O)C1CC2CCNN(C2)C1. The van der Waals surface area contributed by atoms with E-state index < -0.39 is 5.97 Å². The molecule has 0 amide bonds. The van der Waals surface area contributed by atoms with Crippen molar-refractivity contribution in [3.05, 3.63) is 0 Å². The Morgan fingerprint density at radius 3 is 3.00 bits per heavy atom. The molecule has 12 heavy (non-hydrogen) atoms. The van der Waals surface area contributed by atoms with Gasteiger partial charge in [0.05, 0.1) is 5.92 Å². The first kappa shape index (κ1) is 8.01. The van der Waals surface area contributed by atoms with Crippen molar-refractivity contribution in [3.63, 3.8) is 0 Å². The molecule has 0 spiro atoms. The molecule has 2 bridgehead atoms. The molecule has 2 aliphatic rings. The minimum atomic E-state index is -0.645. The maximum absolute atomic E-state index is 10.7. The number of hydrogen-bond acceptors (Lipinski definition) is 3. The number of hydrogen-bond donors (Lipinski definition) is 2. The van der Waals surface area contributed by atoms with E-state index in [0.29, 0.717) is 12.5 Å². The molecule has 2 rings (SSSR count). The van der Waals surface area contributed by atoms with Crippen molar-refractivity contribution >= 4 is 5.97 Å². The molecule has 68 valence electrons. The molecule has 0 saturated carbocycles. The monoisotopic (exact) mass is 170 g/mol. The van der Waals surface area contributed by atoms with E-state index in [1.165, 1.54) is 0 Å². The van der Waals surface area contributed by atoms with Crippen molar-refractivity contribution in [2.75, 3.05) is 19.6 Å². The largest absolute Gasteiger partial charge is 0.481 e. The molecule has 0 aromatic carbocycles. The molecule has 0 aliphatic carbocycles. The van der Waals surface area contributed by atoms with Crippen molar-refractivity contribution in [1.29, 1.82) is 0 Å². The second-order valence-corrected chi connectivity index (χ2v) is 3.74. The van der Waals surface area contributed by atoms with Gasteiger partial charge in [-0.15, -0.1) is 0 Å². The maximum Gasteiger partial charge on any atom is 0.307 e. The van der Waals surface area contributed by atoms with Crippen molar-refractivity contribution in [2.45, 2.75) is 12.8 Å². The van der Waals surface area contributed by atoms with E-state index in [-0.39, 0.29) is 5.92 Å². The van der Waals surface area contributed by atoms with Crippen LogP contribution >= 0.6 is 0 Å². The quantitative estimate of drug-likeness (QED) is 0.578. The standard InChI is InChI=1S/C8H14N2O2/c11-8(12)7-3-6-1-2-9-10(4-6)5-7/h6-7,9H,1-5H2,(H,11,12). The van der Waals surface area contributed by atoms with Crippen molar-refractivity contribution in [3.8, 4) is 0 Å². The Kier molecular flexibility index (Phi) is 2.02. The summed E-state index contributed by atoms with van der Waals surface area (Å²) in [7, 11) is 0. The summed E-state index contributed by atoms with van der Waals surface area (Å²) < 4.78 is 0. The zero-order chi connectivity index (χ0) is 8.55. The Morgan fingerprint density at radius 1 is 1.50 bits per heavy atom. The molecule has 3 atom stereocenters. The van der Waals surface area contributed by atoms with Gasteiger partial charge in [-0.25, -0.2) is 5.01 Å². The summed E-state index contributed by atoms with van der Waals surface area (Å²) in [6.45, 7) is 2.71. The van der Waals surface area contributed by atoms with Crippen LogP contribution in [0.25, 0.3) is 0 Å². The van der Waals surface area contributed by atoms with Crippen LogP contribution in [0.1, 0.15) is 12.8 Å². The summed E-state index contributed by atoms with van der Waals surface area (Å²) in [6, 6.07) is 0. The van der Waals surface area contributed by atoms with Crippen LogP contribution in [-0.4, -0.2) is 35.7 Å². The number of carboxylic acid groups (broad SMARTS) is 1. The lowest BCUT2D eigenvalue weighted by Crippen LogP contribution is -2.54. The number of hydrazine groups is 1. The van der Waals surface area contributed by atoms with E-state index in [0.717, 1.165) is 25.9 Å². The lowest BCUT2D eigenvalue weighted by Gasteiger charge is -2.40.